The Morgan fingerprint density at radius 3 is 2.82 bits per heavy atom. The molecule has 2 unspecified atom stereocenters. The van der Waals surface area contributed by atoms with E-state index in [-0.39, 0.29) is 23.2 Å². The van der Waals surface area contributed by atoms with Crippen LogP contribution < -0.4 is 10.2 Å². The van der Waals surface area contributed by atoms with Gasteiger partial charge in [-0.25, -0.2) is 18.1 Å². The number of nitrogens with zero attached hydrogens (tertiary/aromatic N) is 5. The van der Waals surface area contributed by atoms with Crippen LogP contribution in [0.3, 0.4) is 0 Å². The number of carbonyl (C=O) groups excluding carboxylic acids is 2. The monoisotopic (exact) mass is 485 g/mol. The van der Waals surface area contributed by atoms with Gasteiger partial charge in [0, 0.05) is 43.4 Å². The summed E-state index contributed by atoms with van der Waals surface area (Å²) in [7, 11) is 1.65. The van der Waals surface area contributed by atoms with Gasteiger partial charge in [0.05, 0.1) is 28.2 Å². The number of halogens is 3. The lowest BCUT2D eigenvalue weighted by Gasteiger charge is -2.20. The number of amides is 3. The number of aromatic amines is 1. The van der Waals surface area contributed by atoms with Crippen LogP contribution in [0.15, 0.2) is 30.6 Å². The van der Waals surface area contributed by atoms with Gasteiger partial charge in [0.1, 0.15) is 11.9 Å². The third-order valence-electron chi connectivity index (χ3n) is 6.30. The summed E-state index contributed by atoms with van der Waals surface area (Å²) >= 11 is 6.53. The summed E-state index contributed by atoms with van der Waals surface area (Å²) < 4.78 is 30.3. The Kier molecular flexibility index (Phi) is 4.53. The van der Waals surface area contributed by atoms with Crippen LogP contribution in [-0.2, 0) is 4.79 Å². The summed E-state index contributed by atoms with van der Waals surface area (Å²) in [5, 5.41) is 14.2. The smallest absolute Gasteiger partial charge is 0.324 e. The molecule has 174 valence electrons. The number of pyridine rings is 1. The number of fused-ring (bicyclic) bond motifs is 2. The Labute approximate surface area is 196 Å². The Balaban J connectivity index is 1.43. The van der Waals surface area contributed by atoms with Crippen LogP contribution in [0.5, 0.6) is 0 Å². The fraction of sp³-hybridized carbons (Fsp3) is 0.273. The first-order chi connectivity index (χ1) is 16.3. The molecule has 0 bridgehead atoms. The molecular formula is C22H18ClF2N7O2. The number of aromatic nitrogens is 4. The number of alkyl halides is 1. The van der Waals surface area contributed by atoms with E-state index in [1.54, 1.807) is 42.2 Å². The van der Waals surface area contributed by atoms with Crippen molar-refractivity contribution in [2.45, 2.75) is 12.6 Å². The summed E-state index contributed by atoms with van der Waals surface area (Å²) in [6, 6.07) is 4.78. The van der Waals surface area contributed by atoms with Crippen LogP contribution in [0.1, 0.15) is 6.42 Å². The molecule has 1 aliphatic heterocycles. The highest BCUT2D eigenvalue weighted by molar-refractivity contribution is 6.36. The summed E-state index contributed by atoms with van der Waals surface area (Å²) in [6.45, 7) is 0.799. The van der Waals surface area contributed by atoms with Crippen LogP contribution in [0, 0.1) is 11.7 Å². The lowest BCUT2D eigenvalue weighted by Crippen LogP contribution is -2.30. The van der Waals surface area contributed by atoms with E-state index in [2.05, 4.69) is 20.6 Å². The molecular weight excluding hydrogens is 468 g/mol. The van der Waals surface area contributed by atoms with Crippen molar-refractivity contribution in [1.29, 1.82) is 0 Å². The quantitative estimate of drug-likeness (QED) is 0.459. The van der Waals surface area contributed by atoms with Crippen molar-refractivity contribution in [3.05, 3.63) is 41.4 Å². The molecule has 12 heteroatoms. The number of likely N-dealkylation sites (N-methyl/N-ethyl adjacent to an activating group) is 1. The van der Waals surface area contributed by atoms with E-state index in [1.165, 1.54) is 9.80 Å². The van der Waals surface area contributed by atoms with Gasteiger partial charge >= 0.3 is 6.03 Å². The maximum absolute atomic E-state index is 15.6. The zero-order chi connectivity index (χ0) is 23.7. The van der Waals surface area contributed by atoms with Crippen LogP contribution in [0.25, 0.3) is 27.5 Å². The fourth-order valence-corrected chi connectivity index (χ4v) is 4.65. The molecule has 4 aromatic rings. The molecule has 9 nitrogen and oxygen atoms in total. The molecule has 6 rings (SSSR count). The van der Waals surface area contributed by atoms with E-state index in [9.17, 15) is 14.0 Å². The van der Waals surface area contributed by atoms with Gasteiger partial charge < -0.3 is 10.2 Å². The van der Waals surface area contributed by atoms with E-state index in [1.807, 2.05) is 0 Å². The highest BCUT2D eigenvalue weighted by Gasteiger charge is 2.43. The van der Waals surface area contributed by atoms with E-state index < -0.39 is 23.8 Å². The second kappa shape index (κ2) is 7.39. The average molecular weight is 486 g/mol. The third-order valence-corrected chi connectivity index (χ3v) is 6.66. The Morgan fingerprint density at radius 1 is 1.32 bits per heavy atom. The molecule has 34 heavy (non-hydrogen) atoms. The van der Waals surface area contributed by atoms with Gasteiger partial charge in [-0.2, -0.15) is 10.2 Å². The largest absolute Gasteiger partial charge is 0.326 e. The topological polar surface area (TPSA) is 98.6 Å². The van der Waals surface area contributed by atoms with Crippen LogP contribution >= 0.6 is 11.6 Å². The zero-order valence-electron chi connectivity index (χ0n) is 17.8. The minimum atomic E-state index is -1.10. The molecule has 1 saturated heterocycles. The van der Waals surface area contributed by atoms with Crippen LogP contribution in [0.2, 0.25) is 5.02 Å². The zero-order valence-corrected chi connectivity index (χ0v) is 18.6. The van der Waals surface area contributed by atoms with Gasteiger partial charge in [-0.3, -0.25) is 14.8 Å². The molecule has 0 radical (unpaired) electrons. The second-order valence-corrected chi connectivity index (χ2v) is 8.91. The average Bonchev–Trinajstić information content (AvgIpc) is 3.12. The molecule has 1 aliphatic carbocycles. The van der Waals surface area contributed by atoms with Crippen molar-refractivity contribution in [1.82, 2.24) is 24.7 Å². The number of hydrogen-bond donors (Lipinski definition) is 2. The SMILES string of the molecule is CN1CCN(c2c(F)c(Cl)c(-c3ccn4nc(NC(=O)C5CC5F)cc4c3)c3cn[nH]c23)C1=O. The molecule has 2 aliphatic rings. The van der Waals surface area contributed by atoms with E-state index in [4.69, 9.17) is 11.6 Å². The molecule has 2 N–H and O–H groups in total. The summed E-state index contributed by atoms with van der Waals surface area (Å²) in [6.07, 6.45) is 2.32. The minimum Gasteiger partial charge on any atom is -0.326 e. The Hall–Kier alpha value is -3.73. The van der Waals surface area contributed by atoms with Crippen LogP contribution in [0.4, 0.5) is 25.1 Å². The van der Waals surface area contributed by atoms with Crippen molar-refractivity contribution >= 4 is 51.5 Å². The predicted octanol–water partition coefficient (Wildman–Crippen LogP) is 3.84. The van der Waals surface area contributed by atoms with E-state index in [0.29, 0.717) is 46.5 Å². The lowest BCUT2D eigenvalue weighted by atomic mass is 10.0. The minimum absolute atomic E-state index is 0.0669. The van der Waals surface area contributed by atoms with Gasteiger partial charge in [-0.05, 0) is 24.1 Å². The van der Waals surface area contributed by atoms with Crippen LogP contribution in [-0.4, -0.2) is 63.0 Å². The summed E-state index contributed by atoms with van der Waals surface area (Å²) in [5.41, 5.74) is 2.07. The maximum atomic E-state index is 15.6. The number of anilines is 2. The molecule has 2 fully saturated rings. The number of benzene rings is 1. The van der Waals surface area contributed by atoms with Crippen molar-refractivity contribution < 1.29 is 18.4 Å². The van der Waals surface area contributed by atoms with Crippen molar-refractivity contribution in [2.24, 2.45) is 5.92 Å². The standard InChI is InChI=1S/C22H18ClF2N7O2/c1-30-4-5-31(22(30)34)20-18(25)17(23)16(13-9-26-28-19(13)20)10-2-3-32-11(6-10)7-15(29-32)27-21(33)12-8-14(12)24/h2-3,6-7,9,12,14H,4-5,8H2,1H3,(H,26,28)(H,27,29,33). The number of H-pyrrole nitrogens is 1. The fourth-order valence-electron chi connectivity index (χ4n) is 4.35. The second-order valence-electron chi connectivity index (χ2n) is 8.53. The van der Waals surface area contributed by atoms with Gasteiger partial charge in [0.25, 0.3) is 0 Å². The Bertz CT molecular complexity index is 1500. The Morgan fingerprint density at radius 2 is 2.12 bits per heavy atom. The molecule has 1 saturated carbocycles. The first-order valence-electron chi connectivity index (χ1n) is 10.6. The number of hydrogen-bond acceptors (Lipinski definition) is 4. The molecule has 4 heterocycles. The first-order valence-corrected chi connectivity index (χ1v) is 11.0. The van der Waals surface area contributed by atoms with Crippen molar-refractivity contribution in [3.8, 4) is 11.1 Å². The number of urea groups is 1. The van der Waals surface area contributed by atoms with Gasteiger partial charge in [-0.1, -0.05) is 11.6 Å². The highest BCUT2D eigenvalue weighted by atomic mass is 35.5. The molecule has 3 amide bonds. The van der Waals surface area contributed by atoms with Gasteiger partial charge in [0.15, 0.2) is 11.6 Å². The normalized spacial score (nSPS) is 20.1. The van der Waals surface area contributed by atoms with Gasteiger partial charge in [-0.15, -0.1) is 0 Å². The first kappa shape index (κ1) is 20.8. The number of nitrogens with one attached hydrogen (secondary N) is 2. The van der Waals surface area contributed by atoms with E-state index in [0.717, 1.165) is 0 Å². The number of carbonyl (C=O) groups is 2. The summed E-state index contributed by atoms with van der Waals surface area (Å²) in [4.78, 5) is 27.4. The van der Waals surface area contributed by atoms with Gasteiger partial charge in [0.2, 0.25) is 5.91 Å². The third kappa shape index (κ3) is 3.11. The molecule has 3 aromatic heterocycles. The molecule has 0 spiro atoms. The maximum Gasteiger partial charge on any atom is 0.324 e. The molecule has 1 aromatic carbocycles. The predicted molar refractivity (Wildman–Crippen MR) is 122 cm³/mol. The highest BCUT2D eigenvalue weighted by Crippen LogP contribution is 2.43. The number of rotatable bonds is 4. The van der Waals surface area contributed by atoms with Crippen molar-refractivity contribution in [3.63, 3.8) is 0 Å². The van der Waals surface area contributed by atoms with E-state index >= 15 is 4.39 Å². The molecule has 2 atom stereocenters. The van der Waals surface area contributed by atoms with Crippen molar-refractivity contribution in [2.75, 3.05) is 30.4 Å². The summed E-state index contributed by atoms with van der Waals surface area (Å²) in [5.74, 6) is -1.46. The lowest BCUT2D eigenvalue weighted by molar-refractivity contribution is -0.117.